The molecule has 9 nitrogen and oxygen atoms in total. The van der Waals surface area contributed by atoms with Gasteiger partial charge in [0.05, 0.1) is 17.4 Å². The minimum Gasteiger partial charge on any atom is -0.271 e. The van der Waals surface area contributed by atoms with Crippen LogP contribution in [0.25, 0.3) is 6.08 Å². The quantitative estimate of drug-likeness (QED) is 0.329. The van der Waals surface area contributed by atoms with E-state index in [0.717, 1.165) is 52.1 Å². The van der Waals surface area contributed by atoms with Crippen LogP contribution in [0.5, 0.6) is 0 Å². The fraction of sp³-hybridized carbons (Fsp3) is 0.294. The van der Waals surface area contributed by atoms with Gasteiger partial charge in [0.25, 0.3) is 17.7 Å². The molecule has 4 aliphatic rings. The molecule has 0 radical (unpaired) electrons. The molecular weight excluding hydrogens is 576 g/mol. The first kappa shape index (κ1) is 28.2. The number of hydrogen-bond donors (Lipinski definition) is 0. The highest BCUT2D eigenvalue weighted by atomic mass is 35.5. The summed E-state index contributed by atoms with van der Waals surface area (Å²) in [7, 11) is 0. The molecule has 3 aromatic carbocycles. The van der Waals surface area contributed by atoms with E-state index in [2.05, 4.69) is 71.9 Å². The van der Waals surface area contributed by atoms with E-state index in [9.17, 15) is 14.4 Å². The molecule has 1 saturated heterocycles. The van der Waals surface area contributed by atoms with Crippen LogP contribution < -0.4 is 4.90 Å². The molecular formula is C34H31ClN6O3. The Labute approximate surface area is 260 Å². The summed E-state index contributed by atoms with van der Waals surface area (Å²) in [6.45, 7) is 3.87. The lowest BCUT2D eigenvalue weighted by Crippen LogP contribution is -2.45. The van der Waals surface area contributed by atoms with E-state index in [4.69, 9.17) is 16.7 Å². The van der Waals surface area contributed by atoms with Gasteiger partial charge in [-0.1, -0.05) is 76.5 Å². The number of hydrogen-bond acceptors (Lipinski definition) is 7. The zero-order valence-corrected chi connectivity index (χ0v) is 25.2. The third kappa shape index (κ3) is 4.91. The second kappa shape index (κ2) is 11.1. The average molecular weight is 607 g/mol. The Morgan fingerprint density at radius 3 is 2.30 bits per heavy atom. The van der Waals surface area contributed by atoms with E-state index >= 15 is 0 Å². The van der Waals surface area contributed by atoms with Gasteiger partial charge in [-0.25, -0.2) is 9.91 Å². The van der Waals surface area contributed by atoms with E-state index in [1.54, 1.807) is 29.3 Å². The van der Waals surface area contributed by atoms with Gasteiger partial charge in [0.15, 0.2) is 12.1 Å². The molecule has 0 spiro atoms. The van der Waals surface area contributed by atoms with Crippen LogP contribution >= 0.6 is 11.6 Å². The van der Waals surface area contributed by atoms with Crippen molar-refractivity contribution >= 4 is 46.8 Å². The molecule has 0 bridgehead atoms. The zero-order chi connectivity index (χ0) is 30.5. The number of carbonyl (C=O) groups excluding carboxylic acids is 3. The van der Waals surface area contributed by atoms with E-state index < -0.39 is 23.9 Å². The fourth-order valence-electron chi connectivity index (χ4n) is 6.58. The Bertz CT molecular complexity index is 1730. The van der Waals surface area contributed by atoms with Crippen LogP contribution in [0.1, 0.15) is 47.6 Å². The third-order valence-corrected chi connectivity index (χ3v) is 9.09. The lowest BCUT2D eigenvalue weighted by atomic mass is 9.77. The van der Waals surface area contributed by atoms with Crippen molar-refractivity contribution in [2.24, 2.45) is 21.4 Å². The van der Waals surface area contributed by atoms with Crippen LogP contribution in [0.2, 0.25) is 5.02 Å². The number of aryl methyl sites for hydroxylation is 2. The third-order valence-electron chi connectivity index (χ3n) is 8.83. The van der Waals surface area contributed by atoms with Gasteiger partial charge < -0.3 is 0 Å². The van der Waals surface area contributed by atoms with Gasteiger partial charge in [0.1, 0.15) is 6.54 Å². The Kier molecular flexibility index (Phi) is 7.13. The fourth-order valence-corrected chi connectivity index (χ4v) is 6.70. The summed E-state index contributed by atoms with van der Waals surface area (Å²) in [6, 6.07) is 20.8. The maximum Gasteiger partial charge on any atom is 0.264 e. The lowest BCUT2D eigenvalue weighted by molar-refractivity contribution is -0.136. The van der Waals surface area contributed by atoms with E-state index in [0.29, 0.717) is 10.7 Å². The van der Waals surface area contributed by atoms with Crippen molar-refractivity contribution in [3.8, 4) is 0 Å². The van der Waals surface area contributed by atoms with Gasteiger partial charge in [-0.3, -0.25) is 19.4 Å². The first-order valence-corrected chi connectivity index (χ1v) is 15.2. The van der Waals surface area contributed by atoms with Crippen molar-refractivity contribution in [2.45, 2.75) is 51.2 Å². The number of hydrazone groups is 1. The molecule has 222 valence electrons. The van der Waals surface area contributed by atoms with Crippen molar-refractivity contribution in [3.63, 3.8) is 0 Å². The molecule has 44 heavy (non-hydrogen) atoms. The number of benzene rings is 3. The summed E-state index contributed by atoms with van der Waals surface area (Å²) >= 11 is 6.01. The number of allylic oxidation sites excluding steroid dienone is 1. The van der Waals surface area contributed by atoms with Crippen molar-refractivity contribution in [1.29, 1.82) is 0 Å². The number of carbonyl (C=O) groups is 3. The van der Waals surface area contributed by atoms with Gasteiger partial charge in [-0.05, 0) is 80.2 Å². The minimum absolute atomic E-state index is 0.0372. The molecule has 3 aliphatic heterocycles. The number of anilines is 1. The standard InChI is InChI=1S/C34H31ClN6O3/c1-20-6-10-22(11-7-20)18-24-4-3-5-27-29(24)37-41(31(27)23-12-8-21(2)9-13-23)28(42)19-39-32-30(36-38-39)33(43)40(34(32)44)26-16-14-25(35)15-17-26/h6-18,27,30-32H,3-5,19H2,1-2H3/b24-18-/t27-,30+,31+,32-/m1/s1. The van der Waals surface area contributed by atoms with E-state index in [1.807, 2.05) is 6.92 Å². The summed E-state index contributed by atoms with van der Waals surface area (Å²) in [6.07, 6.45) is 4.96. The molecule has 0 aromatic heterocycles. The van der Waals surface area contributed by atoms with Gasteiger partial charge in [0.2, 0.25) is 0 Å². The Balaban J connectivity index is 1.18. The number of fused-ring (bicyclic) bond motifs is 2. The van der Waals surface area contributed by atoms with E-state index in [1.165, 1.54) is 10.6 Å². The number of nitrogens with zero attached hydrogens (tertiary/aromatic N) is 6. The Morgan fingerprint density at radius 1 is 0.909 bits per heavy atom. The van der Waals surface area contributed by atoms with Crippen molar-refractivity contribution in [3.05, 3.63) is 106 Å². The van der Waals surface area contributed by atoms with Crippen molar-refractivity contribution < 1.29 is 14.4 Å². The number of amides is 3. The maximum atomic E-state index is 14.1. The molecule has 3 aromatic rings. The van der Waals surface area contributed by atoms with Gasteiger partial charge in [-0.2, -0.15) is 10.2 Å². The summed E-state index contributed by atoms with van der Waals surface area (Å²) in [5.74, 6) is -1.22. The van der Waals surface area contributed by atoms with Crippen LogP contribution in [0.15, 0.2) is 93.8 Å². The highest BCUT2D eigenvalue weighted by molar-refractivity contribution is 6.31. The summed E-state index contributed by atoms with van der Waals surface area (Å²) in [5.41, 5.74) is 6.90. The topological polar surface area (TPSA) is 98.0 Å². The van der Waals surface area contributed by atoms with Crippen LogP contribution in [0.4, 0.5) is 5.69 Å². The largest absolute Gasteiger partial charge is 0.271 e. The van der Waals surface area contributed by atoms with Crippen molar-refractivity contribution in [1.82, 2.24) is 10.0 Å². The SMILES string of the molecule is Cc1ccc(/C=C2/CCC[C@@H]3C2=NN(C(=O)CN2N=N[C@@H]4C(=O)N(c5ccc(Cl)cc5)C(=O)[C@@H]42)[C@H]3c2ccc(C)cc2)cc1. The first-order chi connectivity index (χ1) is 21.3. The average Bonchev–Trinajstić information content (AvgIpc) is 3.69. The number of imide groups is 1. The predicted octanol–water partition coefficient (Wildman–Crippen LogP) is 6.07. The molecule has 3 amide bonds. The van der Waals surface area contributed by atoms with Crippen LogP contribution in [-0.2, 0) is 14.4 Å². The number of rotatable bonds is 5. The normalized spacial score (nSPS) is 25.1. The van der Waals surface area contributed by atoms with Crippen LogP contribution in [-0.4, -0.2) is 52.1 Å². The molecule has 1 saturated carbocycles. The summed E-state index contributed by atoms with van der Waals surface area (Å²) in [5, 5.41) is 16.6. The lowest BCUT2D eigenvalue weighted by Gasteiger charge is -2.30. The molecule has 7 rings (SSSR count). The van der Waals surface area contributed by atoms with Gasteiger partial charge >= 0.3 is 0 Å². The van der Waals surface area contributed by atoms with E-state index in [-0.39, 0.29) is 24.4 Å². The van der Waals surface area contributed by atoms with Crippen LogP contribution in [0, 0.1) is 19.8 Å². The smallest absolute Gasteiger partial charge is 0.264 e. The predicted molar refractivity (Wildman–Crippen MR) is 168 cm³/mol. The monoisotopic (exact) mass is 606 g/mol. The summed E-state index contributed by atoms with van der Waals surface area (Å²) in [4.78, 5) is 41.9. The molecule has 3 heterocycles. The van der Waals surface area contributed by atoms with Gasteiger partial charge in [-0.15, -0.1) is 0 Å². The highest BCUT2D eigenvalue weighted by Crippen LogP contribution is 2.45. The number of halogens is 1. The molecule has 2 fully saturated rings. The Morgan fingerprint density at radius 2 is 1.59 bits per heavy atom. The second-order valence-corrected chi connectivity index (χ2v) is 12.3. The highest BCUT2D eigenvalue weighted by Gasteiger charge is 2.55. The second-order valence-electron chi connectivity index (χ2n) is 11.8. The van der Waals surface area contributed by atoms with Gasteiger partial charge in [0, 0.05) is 10.9 Å². The maximum absolute atomic E-state index is 14.1. The molecule has 10 heteroatoms. The van der Waals surface area contributed by atoms with Crippen LogP contribution in [0.3, 0.4) is 0 Å². The minimum atomic E-state index is -1.00. The van der Waals surface area contributed by atoms with Crippen molar-refractivity contribution in [2.75, 3.05) is 11.4 Å². The zero-order valence-electron chi connectivity index (χ0n) is 24.4. The Hall–Kier alpha value is -4.63. The molecule has 0 unspecified atom stereocenters. The summed E-state index contributed by atoms with van der Waals surface area (Å²) < 4.78 is 0. The first-order valence-electron chi connectivity index (χ1n) is 14.8. The molecule has 0 N–H and O–H groups in total. The molecule has 1 aliphatic carbocycles. The molecule has 4 atom stereocenters.